The molecule has 3 heteroatoms. The van der Waals surface area contributed by atoms with Gasteiger partial charge in [0.15, 0.2) is 0 Å². The molecule has 1 fully saturated rings. The Hall–Kier alpha value is -1.06. The maximum absolute atomic E-state index is 10.6. The van der Waals surface area contributed by atoms with Crippen LogP contribution in [0.2, 0.25) is 0 Å². The van der Waals surface area contributed by atoms with Crippen LogP contribution in [0.4, 0.5) is 0 Å². The zero-order valence-corrected chi connectivity index (χ0v) is 11.6. The zero-order valence-electron chi connectivity index (χ0n) is 11.6. The Morgan fingerprint density at radius 1 is 1.32 bits per heavy atom. The average molecular weight is 261 g/mol. The first kappa shape index (κ1) is 12.9. The average Bonchev–Trinajstić information content (AvgIpc) is 3.23. The third-order valence-corrected chi connectivity index (χ3v) is 4.18. The second-order valence-corrected chi connectivity index (χ2v) is 5.80. The van der Waals surface area contributed by atoms with Crippen molar-refractivity contribution < 1.29 is 9.84 Å². The molecule has 0 bridgehead atoms. The largest absolute Gasteiger partial charge is 0.491 e. The van der Waals surface area contributed by atoms with Crippen LogP contribution in [0.1, 0.15) is 37.9 Å². The minimum absolute atomic E-state index is 0.107. The van der Waals surface area contributed by atoms with Gasteiger partial charge >= 0.3 is 0 Å². The maximum Gasteiger partial charge on any atom is 0.125 e. The van der Waals surface area contributed by atoms with E-state index in [0.717, 1.165) is 36.7 Å². The topological polar surface area (TPSA) is 32.7 Å². The fraction of sp³-hybridized carbons (Fsp3) is 0.625. The van der Waals surface area contributed by atoms with Crippen molar-refractivity contribution in [1.82, 2.24) is 4.90 Å². The predicted molar refractivity (Wildman–Crippen MR) is 75.3 cm³/mol. The van der Waals surface area contributed by atoms with E-state index in [1.807, 2.05) is 24.3 Å². The van der Waals surface area contributed by atoms with Crippen molar-refractivity contribution in [2.45, 2.75) is 38.3 Å². The minimum atomic E-state index is -0.421. The molecule has 2 aliphatic rings. The smallest absolute Gasteiger partial charge is 0.125 e. The molecule has 2 unspecified atom stereocenters. The molecule has 2 atom stereocenters. The quantitative estimate of drug-likeness (QED) is 0.884. The van der Waals surface area contributed by atoms with Gasteiger partial charge in [0.2, 0.25) is 0 Å². The summed E-state index contributed by atoms with van der Waals surface area (Å²) in [4.78, 5) is 2.43. The summed E-state index contributed by atoms with van der Waals surface area (Å²) in [7, 11) is 0. The van der Waals surface area contributed by atoms with E-state index in [1.54, 1.807) is 0 Å². The molecule has 19 heavy (non-hydrogen) atoms. The second kappa shape index (κ2) is 5.51. The Bertz CT molecular complexity index is 431. The number of benzene rings is 1. The van der Waals surface area contributed by atoms with Gasteiger partial charge in [-0.1, -0.05) is 25.1 Å². The van der Waals surface area contributed by atoms with E-state index >= 15 is 0 Å². The van der Waals surface area contributed by atoms with Gasteiger partial charge in [0.1, 0.15) is 18.5 Å². The van der Waals surface area contributed by atoms with Gasteiger partial charge in [-0.2, -0.15) is 0 Å². The summed E-state index contributed by atoms with van der Waals surface area (Å²) < 4.78 is 5.83. The van der Waals surface area contributed by atoms with Crippen molar-refractivity contribution >= 4 is 0 Å². The van der Waals surface area contributed by atoms with Crippen LogP contribution >= 0.6 is 0 Å². The lowest BCUT2D eigenvalue weighted by Gasteiger charge is -2.38. The summed E-state index contributed by atoms with van der Waals surface area (Å²) in [5.41, 5.74) is 0.940. The molecule has 0 radical (unpaired) electrons. The van der Waals surface area contributed by atoms with Gasteiger partial charge in [0.05, 0.1) is 6.04 Å². The first-order chi connectivity index (χ1) is 9.29. The molecule has 3 rings (SSSR count). The predicted octanol–water partition coefficient (Wildman–Crippen LogP) is 2.60. The van der Waals surface area contributed by atoms with E-state index < -0.39 is 6.10 Å². The van der Waals surface area contributed by atoms with Crippen molar-refractivity contribution in [3.63, 3.8) is 0 Å². The highest BCUT2D eigenvalue weighted by atomic mass is 16.5. The van der Waals surface area contributed by atoms with E-state index in [-0.39, 0.29) is 6.04 Å². The fourth-order valence-electron chi connectivity index (χ4n) is 2.95. The number of ether oxygens (including phenoxy) is 1. The number of rotatable bonds is 5. The summed E-state index contributed by atoms with van der Waals surface area (Å²) >= 11 is 0. The third kappa shape index (κ3) is 2.77. The molecule has 1 aromatic carbocycles. The van der Waals surface area contributed by atoms with Crippen LogP contribution in [0.15, 0.2) is 24.3 Å². The summed E-state index contributed by atoms with van der Waals surface area (Å²) in [5.74, 6) is 1.69. The monoisotopic (exact) mass is 261 g/mol. The highest BCUT2D eigenvalue weighted by Gasteiger charge is 2.35. The maximum atomic E-state index is 10.6. The lowest BCUT2D eigenvalue weighted by atomic mass is 9.97. The fourth-order valence-corrected chi connectivity index (χ4v) is 2.95. The molecule has 0 saturated heterocycles. The van der Waals surface area contributed by atoms with Crippen molar-refractivity contribution in [2.24, 2.45) is 5.92 Å². The van der Waals surface area contributed by atoms with Gasteiger partial charge in [-0.15, -0.1) is 0 Å². The van der Waals surface area contributed by atoms with E-state index in [0.29, 0.717) is 6.61 Å². The molecule has 1 aliphatic heterocycles. The molecule has 0 spiro atoms. The number of fused-ring (bicyclic) bond motifs is 1. The normalized spacial score (nSPS) is 26.1. The van der Waals surface area contributed by atoms with E-state index in [9.17, 15) is 5.11 Å². The van der Waals surface area contributed by atoms with E-state index in [2.05, 4.69) is 11.8 Å². The zero-order chi connectivity index (χ0) is 13.2. The molecule has 1 aliphatic carbocycles. The molecule has 0 amide bonds. The summed E-state index contributed by atoms with van der Waals surface area (Å²) in [5, 5.41) is 10.6. The molecule has 104 valence electrons. The van der Waals surface area contributed by atoms with Crippen molar-refractivity contribution in [3.8, 4) is 5.75 Å². The van der Waals surface area contributed by atoms with E-state index in [4.69, 9.17) is 4.74 Å². The third-order valence-electron chi connectivity index (χ3n) is 4.18. The van der Waals surface area contributed by atoms with Crippen molar-refractivity contribution in [1.29, 1.82) is 0 Å². The molecular weight excluding hydrogens is 238 g/mol. The minimum Gasteiger partial charge on any atom is -0.491 e. The SMILES string of the molecule is CCCN(CC1CC1)C1COc2ccccc2C1O. The van der Waals surface area contributed by atoms with Gasteiger partial charge in [0, 0.05) is 12.1 Å². The molecule has 1 aromatic rings. The molecule has 0 aromatic heterocycles. The first-order valence-corrected chi connectivity index (χ1v) is 7.43. The molecule has 1 saturated carbocycles. The van der Waals surface area contributed by atoms with Crippen LogP contribution in [0.25, 0.3) is 0 Å². The van der Waals surface area contributed by atoms with E-state index in [1.165, 1.54) is 12.8 Å². The second-order valence-electron chi connectivity index (χ2n) is 5.80. The van der Waals surface area contributed by atoms with Crippen LogP contribution < -0.4 is 4.74 Å². The molecular formula is C16H23NO2. The van der Waals surface area contributed by atoms with Crippen LogP contribution in [0, 0.1) is 5.92 Å². The number of hydrogen-bond acceptors (Lipinski definition) is 3. The number of nitrogens with zero attached hydrogens (tertiary/aromatic N) is 1. The number of para-hydroxylation sites is 1. The standard InChI is InChI=1S/C16H23NO2/c1-2-9-17(10-12-7-8-12)14-11-19-15-6-4-3-5-13(15)16(14)18/h3-6,12,14,16,18H,2,7-11H2,1H3. The first-order valence-electron chi connectivity index (χ1n) is 7.43. The van der Waals surface area contributed by atoms with Gasteiger partial charge in [-0.05, 0) is 37.8 Å². The van der Waals surface area contributed by atoms with Crippen LogP contribution in [0.5, 0.6) is 5.75 Å². The Morgan fingerprint density at radius 2 is 2.11 bits per heavy atom. The van der Waals surface area contributed by atoms with Crippen molar-refractivity contribution in [2.75, 3.05) is 19.7 Å². The van der Waals surface area contributed by atoms with Crippen LogP contribution in [-0.2, 0) is 0 Å². The van der Waals surface area contributed by atoms with Gasteiger partial charge in [-0.3, -0.25) is 4.90 Å². The lowest BCUT2D eigenvalue weighted by molar-refractivity contribution is 0.00129. The van der Waals surface area contributed by atoms with Crippen LogP contribution in [0.3, 0.4) is 0 Å². The molecule has 1 heterocycles. The lowest BCUT2D eigenvalue weighted by Crippen LogP contribution is -2.47. The Morgan fingerprint density at radius 3 is 2.84 bits per heavy atom. The highest BCUT2D eigenvalue weighted by Crippen LogP contribution is 2.36. The number of hydrogen-bond donors (Lipinski definition) is 1. The molecule has 3 nitrogen and oxygen atoms in total. The Labute approximate surface area is 115 Å². The summed E-state index contributed by atoms with van der Waals surface area (Å²) in [6, 6.07) is 7.96. The Balaban J connectivity index is 1.76. The summed E-state index contributed by atoms with van der Waals surface area (Å²) in [6.07, 6.45) is 3.40. The van der Waals surface area contributed by atoms with Gasteiger partial charge in [-0.25, -0.2) is 0 Å². The summed E-state index contributed by atoms with van der Waals surface area (Å²) in [6.45, 7) is 4.96. The van der Waals surface area contributed by atoms with Crippen LogP contribution in [-0.4, -0.2) is 35.7 Å². The molecule has 1 N–H and O–H groups in total. The number of aliphatic hydroxyl groups excluding tert-OH is 1. The Kier molecular flexibility index (Phi) is 3.76. The van der Waals surface area contributed by atoms with Crippen molar-refractivity contribution in [3.05, 3.63) is 29.8 Å². The van der Waals surface area contributed by atoms with Gasteiger partial charge in [0.25, 0.3) is 0 Å². The number of aliphatic hydroxyl groups is 1. The highest BCUT2D eigenvalue weighted by molar-refractivity contribution is 5.37. The van der Waals surface area contributed by atoms with Gasteiger partial charge < -0.3 is 9.84 Å².